The van der Waals surface area contributed by atoms with Crippen molar-refractivity contribution in [3.63, 3.8) is 0 Å². The Labute approximate surface area is 100 Å². The molecule has 4 heteroatoms. The highest BCUT2D eigenvalue weighted by molar-refractivity contribution is 7.11. The molecule has 90 valence electrons. The molecule has 1 heterocycles. The molecule has 1 unspecified atom stereocenters. The second kappa shape index (κ2) is 5.46. The zero-order valence-corrected chi connectivity index (χ0v) is 10.9. The predicted octanol–water partition coefficient (Wildman–Crippen LogP) is 2.79. The SMILES string of the molecule is CCCC(C)(NCc1ccc(C)s1)C(=O)O. The average molecular weight is 241 g/mol. The first-order valence-corrected chi connectivity index (χ1v) is 6.33. The van der Waals surface area contributed by atoms with E-state index >= 15 is 0 Å². The molecule has 0 fully saturated rings. The molecule has 0 saturated carbocycles. The van der Waals surface area contributed by atoms with Crippen molar-refractivity contribution in [2.75, 3.05) is 0 Å². The maximum Gasteiger partial charge on any atom is 0.323 e. The van der Waals surface area contributed by atoms with E-state index in [9.17, 15) is 9.90 Å². The van der Waals surface area contributed by atoms with Gasteiger partial charge in [0.15, 0.2) is 0 Å². The molecule has 1 aromatic heterocycles. The van der Waals surface area contributed by atoms with Crippen LogP contribution in [0, 0.1) is 6.92 Å². The molecule has 2 N–H and O–H groups in total. The van der Waals surface area contributed by atoms with Gasteiger partial charge in [-0.05, 0) is 32.4 Å². The van der Waals surface area contributed by atoms with Gasteiger partial charge in [0.2, 0.25) is 0 Å². The molecule has 0 amide bonds. The molecular formula is C12H19NO2S. The molecule has 1 rings (SSSR count). The molecule has 16 heavy (non-hydrogen) atoms. The normalized spacial score (nSPS) is 14.7. The molecule has 0 bridgehead atoms. The molecule has 0 saturated heterocycles. The van der Waals surface area contributed by atoms with Crippen LogP contribution in [0.25, 0.3) is 0 Å². The van der Waals surface area contributed by atoms with E-state index in [1.54, 1.807) is 18.3 Å². The lowest BCUT2D eigenvalue weighted by Crippen LogP contribution is -2.48. The Morgan fingerprint density at radius 1 is 1.56 bits per heavy atom. The Balaban J connectivity index is 2.60. The maximum absolute atomic E-state index is 11.2. The van der Waals surface area contributed by atoms with Gasteiger partial charge in [-0.1, -0.05) is 13.3 Å². The van der Waals surface area contributed by atoms with Crippen LogP contribution in [0.1, 0.15) is 36.4 Å². The summed E-state index contributed by atoms with van der Waals surface area (Å²) < 4.78 is 0. The van der Waals surface area contributed by atoms with Gasteiger partial charge in [0.05, 0.1) is 0 Å². The van der Waals surface area contributed by atoms with Crippen molar-refractivity contribution in [2.45, 2.75) is 45.7 Å². The molecule has 0 spiro atoms. The Bertz CT molecular complexity index is 362. The van der Waals surface area contributed by atoms with Gasteiger partial charge in [0.25, 0.3) is 0 Å². The Morgan fingerprint density at radius 2 is 2.25 bits per heavy atom. The summed E-state index contributed by atoms with van der Waals surface area (Å²) in [5.74, 6) is -0.775. The highest BCUT2D eigenvalue weighted by Gasteiger charge is 2.31. The third-order valence-electron chi connectivity index (χ3n) is 2.67. The number of carbonyl (C=O) groups is 1. The number of rotatable bonds is 6. The van der Waals surface area contributed by atoms with Crippen LogP contribution in [0.4, 0.5) is 0 Å². The van der Waals surface area contributed by atoms with Crippen LogP contribution in [0.3, 0.4) is 0 Å². The lowest BCUT2D eigenvalue weighted by atomic mass is 9.96. The minimum absolute atomic E-state index is 0.626. The zero-order valence-electron chi connectivity index (χ0n) is 10.0. The quantitative estimate of drug-likeness (QED) is 0.805. The fourth-order valence-corrected chi connectivity index (χ4v) is 2.46. The number of aryl methyl sites for hydroxylation is 1. The van der Waals surface area contributed by atoms with Gasteiger partial charge in [-0.15, -0.1) is 11.3 Å². The van der Waals surface area contributed by atoms with E-state index in [0.717, 1.165) is 6.42 Å². The lowest BCUT2D eigenvalue weighted by Gasteiger charge is -2.25. The number of carboxylic acids is 1. The largest absolute Gasteiger partial charge is 0.480 e. The predicted molar refractivity (Wildman–Crippen MR) is 66.8 cm³/mol. The standard InChI is InChI=1S/C12H19NO2S/c1-4-7-12(3,11(14)15)13-8-10-6-5-9(2)16-10/h5-6,13H,4,7-8H2,1-3H3,(H,14,15). The molecule has 3 nitrogen and oxygen atoms in total. The lowest BCUT2D eigenvalue weighted by molar-refractivity contribution is -0.144. The van der Waals surface area contributed by atoms with Crippen LogP contribution in [0.2, 0.25) is 0 Å². The summed E-state index contributed by atoms with van der Waals surface area (Å²) >= 11 is 1.70. The maximum atomic E-state index is 11.2. The number of hydrogen-bond acceptors (Lipinski definition) is 3. The molecule has 0 radical (unpaired) electrons. The summed E-state index contributed by atoms with van der Waals surface area (Å²) in [5.41, 5.74) is -0.813. The van der Waals surface area contributed by atoms with Crippen molar-refractivity contribution in [2.24, 2.45) is 0 Å². The van der Waals surface area contributed by atoms with E-state index in [-0.39, 0.29) is 0 Å². The summed E-state index contributed by atoms with van der Waals surface area (Å²) in [6.45, 7) is 6.43. The van der Waals surface area contributed by atoms with Crippen molar-refractivity contribution in [3.05, 3.63) is 21.9 Å². The van der Waals surface area contributed by atoms with Gasteiger partial charge in [0.1, 0.15) is 5.54 Å². The summed E-state index contributed by atoms with van der Waals surface area (Å²) in [6.07, 6.45) is 1.51. The molecule has 1 aromatic rings. The van der Waals surface area contributed by atoms with Gasteiger partial charge < -0.3 is 5.11 Å². The first-order chi connectivity index (χ1) is 7.48. The first-order valence-electron chi connectivity index (χ1n) is 5.51. The number of hydrogen-bond donors (Lipinski definition) is 2. The third-order valence-corrected chi connectivity index (χ3v) is 3.67. The molecule has 0 aliphatic heterocycles. The van der Waals surface area contributed by atoms with Crippen LogP contribution in [0.5, 0.6) is 0 Å². The molecule has 0 aromatic carbocycles. The molecule has 1 atom stereocenters. The van der Waals surface area contributed by atoms with Crippen LogP contribution in [0.15, 0.2) is 12.1 Å². The Hall–Kier alpha value is -0.870. The van der Waals surface area contributed by atoms with Crippen LogP contribution in [-0.2, 0) is 11.3 Å². The Kier molecular flexibility index (Phi) is 4.50. The minimum atomic E-state index is -0.813. The van der Waals surface area contributed by atoms with Crippen molar-refractivity contribution in [3.8, 4) is 0 Å². The number of aliphatic carboxylic acids is 1. The summed E-state index contributed by atoms with van der Waals surface area (Å²) in [7, 11) is 0. The van der Waals surface area contributed by atoms with E-state index in [1.807, 2.05) is 13.0 Å². The summed E-state index contributed by atoms with van der Waals surface area (Å²) in [4.78, 5) is 13.6. The molecule has 0 aliphatic rings. The molecular weight excluding hydrogens is 222 g/mol. The highest BCUT2D eigenvalue weighted by atomic mass is 32.1. The zero-order chi connectivity index (χ0) is 12.2. The van der Waals surface area contributed by atoms with Gasteiger partial charge in [0, 0.05) is 16.3 Å². The first kappa shape index (κ1) is 13.2. The Morgan fingerprint density at radius 3 is 2.69 bits per heavy atom. The van der Waals surface area contributed by atoms with Crippen LogP contribution < -0.4 is 5.32 Å². The highest BCUT2D eigenvalue weighted by Crippen LogP contribution is 2.18. The topological polar surface area (TPSA) is 49.3 Å². The smallest absolute Gasteiger partial charge is 0.323 e. The third kappa shape index (κ3) is 3.32. The molecule has 0 aliphatic carbocycles. The van der Waals surface area contributed by atoms with Crippen LogP contribution >= 0.6 is 11.3 Å². The van der Waals surface area contributed by atoms with Gasteiger partial charge in [-0.25, -0.2) is 0 Å². The second-order valence-electron chi connectivity index (χ2n) is 4.25. The van der Waals surface area contributed by atoms with E-state index < -0.39 is 11.5 Å². The van der Waals surface area contributed by atoms with Gasteiger partial charge in [-0.2, -0.15) is 0 Å². The summed E-state index contributed by atoms with van der Waals surface area (Å²) in [6, 6.07) is 4.10. The monoisotopic (exact) mass is 241 g/mol. The van der Waals surface area contributed by atoms with E-state index in [4.69, 9.17) is 0 Å². The fourth-order valence-electron chi connectivity index (χ4n) is 1.63. The van der Waals surface area contributed by atoms with Crippen molar-refractivity contribution in [1.29, 1.82) is 0 Å². The minimum Gasteiger partial charge on any atom is -0.480 e. The second-order valence-corrected chi connectivity index (χ2v) is 5.63. The van der Waals surface area contributed by atoms with Crippen molar-refractivity contribution in [1.82, 2.24) is 5.32 Å². The summed E-state index contributed by atoms with van der Waals surface area (Å²) in [5, 5.41) is 12.3. The fraction of sp³-hybridized carbons (Fsp3) is 0.583. The van der Waals surface area contributed by atoms with E-state index in [2.05, 4.69) is 18.3 Å². The van der Waals surface area contributed by atoms with Crippen molar-refractivity contribution >= 4 is 17.3 Å². The van der Waals surface area contributed by atoms with E-state index in [0.29, 0.717) is 13.0 Å². The average Bonchev–Trinajstić information content (AvgIpc) is 2.61. The van der Waals surface area contributed by atoms with Crippen molar-refractivity contribution < 1.29 is 9.90 Å². The number of thiophene rings is 1. The van der Waals surface area contributed by atoms with Gasteiger partial charge in [-0.3, -0.25) is 10.1 Å². The number of nitrogens with one attached hydrogen (secondary N) is 1. The van der Waals surface area contributed by atoms with Gasteiger partial charge >= 0.3 is 5.97 Å². The van der Waals surface area contributed by atoms with Crippen LogP contribution in [-0.4, -0.2) is 16.6 Å². The number of carboxylic acid groups (broad SMARTS) is 1. The van der Waals surface area contributed by atoms with E-state index in [1.165, 1.54) is 9.75 Å².